The molecule has 5 N–H and O–H groups in total. The number of phenols is 1. The maximum Gasteiger partial charge on any atom is 0.273 e. The number of nitrogens with one attached hydrogen (secondary N) is 4. The summed E-state index contributed by atoms with van der Waals surface area (Å²) in [5.41, 5.74) is 4.49. The van der Waals surface area contributed by atoms with Crippen LogP contribution >= 0.6 is 0 Å². The smallest absolute Gasteiger partial charge is 0.273 e. The number of hydrogen-bond acceptors (Lipinski definition) is 4. The Balaban J connectivity index is 0.000000613. The van der Waals surface area contributed by atoms with Crippen LogP contribution in [0.1, 0.15) is 66.4 Å². The first-order chi connectivity index (χ1) is 17.2. The molecule has 0 radical (unpaired) electrons. The van der Waals surface area contributed by atoms with E-state index in [-0.39, 0.29) is 5.56 Å². The Morgan fingerprint density at radius 1 is 1.28 bits per heavy atom. The molecule has 196 valence electrons. The van der Waals surface area contributed by atoms with Gasteiger partial charge in [-0.05, 0) is 74.8 Å². The average molecular weight is 493 g/mol. The zero-order chi connectivity index (χ0) is 27.7. The van der Waals surface area contributed by atoms with Crippen molar-refractivity contribution in [2.75, 3.05) is 0 Å². The molecular weight excluding hydrogens is 448 g/mol. The molecule has 1 unspecified atom stereocenters. The molecule has 0 aliphatic heterocycles. The van der Waals surface area contributed by atoms with Crippen LogP contribution in [0.15, 0.2) is 52.0 Å². The van der Waals surface area contributed by atoms with Gasteiger partial charge in [-0.15, -0.1) is 12.8 Å². The average Bonchev–Trinajstić information content (AvgIpc) is 3.64. The molecule has 2 aromatic rings. The van der Waals surface area contributed by atoms with Crippen molar-refractivity contribution >= 4 is 18.9 Å². The molecule has 0 amide bonds. The number of rotatable bonds is 8. The van der Waals surface area contributed by atoms with Crippen molar-refractivity contribution in [2.45, 2.75) is 73.3 Å². The number of H-pyrrole nitrogens is 2. The molecule has 6 nitrogen and oxygen atoms in total. The topological polar surface area (TPSA) is 105 Å². The van der Waals surface area contributed by atoms with E-state index in [9.17, 15) is 9.90 Å². The second-order valence-electron chi connectivity index (χ2n) is 8.48. The van der Waals surface area contributed by atoms with Crippen LogP contribution in [-0.2, 0) is 6.42 Å². The summed E-state index contributed by atoms with van der Waals surface area (Å²) in [6.07, 6.45) is 17.8. The lowest BCUT2D eigenvalue weighted by molar-refractivity contribution is 0.474. The molecule has 36 heavy (non-hydrogen) atoms. The van der Waals surface area contributed by atoms with Crippen LogP contribution in [0.2, 0.25) is 0 Å². The van der Waals surface area contributed by atoms with E-state index in [1.807, 2.05) is 39.8 Å². The Kier molecular flexibility index (Phi) is 15.9. The van der Waals surface area contributed by atoms with Crippen LogP contribution < -0.4 is 21.7 Å². The molecule has 1 heterocycles. The van der Waals surface area contributed by atoms with Crippen molar-refractivity contribution in [3.8, 4) is 18.6 Å². The zero-order valence-electron chi connectivity index (χ0n) is 22.7. The summed E-state index contributed by atoms with van der Waals surface area (Å²) in [7, 11) is 0. The third-order valence-corrected chi connectivity index (χ3v) is 5.39. The minimum absolute atomic E-state index is 0.212. The van der Waals surface area contributed by atoms with Gasteiger partial charge in [-0.1, -0.05) is 58.1 Å². The maximum atomic E-state index is 11.3. The summed E-state index contributed by atoms with van der Waals surface area (Å²) < 4.78 is 0. The lowest BCUT2D eigenvalue weighted by atomic mass is 10.0. The molecule has 1 aliphatic rings. The zero-order valence-corrected chi connectivity index (χ0v) is 22.7. The fourth-order valence-corrected chi connectivity index (χ4v) is 3.04. The number of imidazole rings is 1. The van der Waals surface area contributed by atoms with E-state index < -0.39 is 0 Å². The Labute approximate surface area is 216 Å². The second kappa shape index (κ2) is 17.7. The fourth-order valence-electron chi connectivity index (χ4n) is 3.04. The van der Waals surface area contributed by atoms with Crippen LogP contribution in [0.25, 0.3) is 12.7 Å². The third kappa shape index (κ3) is 12.1. The van der Waals surface area contributed by atoms with E-state index in [0.29, 0.717) is 28.5 Å². The Hall–Kier alpha value is -3.72. The maximum absolute atomic E-state index is 11.3. The summed E-state index contributed by atoms with van der Waals surface area (Å²) in [6.45, 7) is 15.8. The number of aromatic nitrogens is 2. The van der Waals surface area contributed by atoms with Gasteiger partial charge in [0, 0.05) is 18.0 Å². The van der Waals surface area contributed by atoms with Crippen molar-refractivity contribution in [2.24, 2.45) is 5.92 Å². The predicted molar refractivity (Wildman–Crippen MR) is 155 cm³/mol. The van der Waals surface area contributed by atoms with Crippen molar-refractivity contribution < 1.29 is 5.11 Å². The number of allylic oxidation sites excluding steroid dienone is 4. The highest BCUT2D eigenvalue weighted by molar-refractivity contribution is 5.88. The van der Waals surface area contributed by atoms with Crippen molar-refractivity contribution in [1.82, 2.24) is 15.3 Å². The van der Waals surface area contributed by atoms with Gasteiger partial charge < -0.3 is 25.8 Å². The molecule has 0 spiro atoms. The molecule has 1 fully saturated rings. The molecule has 0 bridgehead atoms. The van der Waals surface area contributed by atoms with Crippen LogP contribution in [0, 0.1) is 24.2 Å². The Morgan fingerprint density at radius 3 is 2.36 bits per heavy atom. The monoisotopic (exact) mass is 492 g/mol. The summed E-state index contributed by atoms with van der Waals surface area (Å²) in [5, 5.41) is 20.7. The van der Waals surface area contributed by atoms with Gasteiger partial charge in [0.25, 0.3) is 5.56 Å². The normalized spacial score (nSPS) is 13.4. The molecule has 1 saturated carbocycles. The van der Waals surface area contributed by atoms with E-state index in [1.54, 1.807) is 12.1 Å². The summed E-state index contributed by atoms with van der Waals surface area (Å²) >= 11 is 0. The van der Waals surface area contributed by atoms with Crippen LogP contribution in [0.5, 0.6) is 5.75 Å². The number of phenolic OH excluding ortho intramolecular Hbond substituents is 1. The van der Waals surface area contributed by atoms with E-state index in [2.05, 4.69) is 60.7 Å². The van der Waals surface area contributed by atoms with Gasteiger partial charge in [0.1, 0.15) is 16.6 Å². The Bertz CT molecular complexity index is 1170. The van der Waals surface area contributed by atoms with E-state index >= 15 is 0 Å². The van der Waals surface area contributed by atoms with Gasteiger partial charge in [-0.2, -0.15) is 0 Å². The highest BCUT2D eigenvalue weighted by Gasteiger charge is 2.22. The number of terminal acetylenes is 1. The summed E-state index contributed by atoms with van der Waals surface area (Å²) in [4.78, 5) is 16.6. The molecule has 0 saturated heterocycles. The van der Waals surface area contributed by atoms with Crippen LogP contribution in [0.3, 0.4) is 0 Å². The minimum Gasteiger partial charge on any atom is -0.508 e. The number of aromatic amines is 2. The first-order valence-electron chi connectivity index (χ1n) is 12.5. The predicted octanol–water partition coefficient (Wildman–Crippen LogP) is 4.77. The first kappa shape index (κ1) is 32.3. The second-order valence-corrected chi connectivity index (χ2v) is 8.48. The molecule has 1 atom stereocenters. The summed E-state index contributed by atoms with van der Waals surface area (Å²) in [5.74, 6) is 0.934. The summed E-state index contributed by atoms with van der Waals surface area (Å²) in [6, 6.07) is 8.21. The van der Waals surface area contributed by atoms with Crippen LogP contribution in [0.4, 0.5) is 0 Å². The number of hydrogen-bond donors (Lipinski definition) is 5. The van der Waals surface area contributed by atoms with Crippen molar-refractivity contribution in [3.05, 3.63) is 73.9 Å². The van der Waals surface area contributed by atoms with E-state index in [4.69, 9.17) is 5.41 Å². The fraction of sp³-hybridized carbons (Fsp3) is 0.400. The molecule has 1 aliphatic carbocycles. The lowest BCUT2D eigenvalue weighted by Gasteiger charge is -2.16. The van der Waals surface area contributed by atoms with Crippen LogP contribution in [-0.4, -0.2) is 27.3 Å². The molecule has 3 rings (SSSR count). The van der Waals surface area contributed by atoms with Gasteiger partial charge in [-0.3, -0.25) is 4.79 Å². The lowest BCUT2D eigenvalue weighted by Crippen LogP contribution is -2.23. The SMILES string of the molecule is C#C.C=c1[nH]c(=O)/c(=C/C(C=N)=C(C)C)[nH]1.CC.CCC(C)/C(=C\Cc1cccc(O)c1)NC1CC1. The standard InChI is InChI=1S/C16H23NO.C10H13N3O.C2H6.C2H2/c1-3-12(2)16(17-14-8-9-14)10-7-13-5-4-6-15(18)11-13;1-6(2)8(5-11)4-9-10(14)13-7(3)12-9;2*1-2/h4-6,10-12,14,17-18H,3,7-9H2,1-2H3;4-5,11-12H,3H2,1-2H3,(H,13,14);1-2H3;1-2H/b16-10+;9-4-,11-5?;;. The Morgan fingerprint density at radius 2 is 1.92 bits per heavy atom. The molecule has 1 aromatic heterocycles. The third-order valence-electron chi connectivity index (χ3n) is 5.39. The molecule has 1 aromatic carbocycles. The molecule has 6 heteroatoms. The van der Waals surface area contributed by atoms with Gasteiger partial charge in [0.15, 0.2) is 0 Å². The van der Waals surface area contributed by atoms with Gasteiger partial charge >= 0.3 is 0 Å². The van der Waals surface area contributed by atoms with Gasteiger partial charge in [-0.25, -0.2) is 0 Å². The quantitative estimate of drug-likeness (QED) is 0.271. The highest BCUT2D eigenvalue weighted by Crippen LogP contribution is 2.24. The first-order valence-corrected chi connectivity index (χ1v) is 12.5. The molecular formula is C30H44N4O2. The van der Waals surface area contributed by atoms with E-state index in [1.165, 1.54) is 24.8 Å². The van der Waals surface area contributed by atoms with Crippen molar-refractivity contribution in [3.63, 3.8) is 0 Å². The van der Waals surface area contributed by atoms with Gasteiger partial charge in [0.2, 0.25) is 0 Å². The highest BCUT2D eigenvalue weighted by atomic mass is 16.3. The van der Waals surface area contributed by atoms with Crippen molar-refractivity contribution in [1.29, 1.82) is 5.41 Å². The largest absolute Gasteiger partial charge is 0.508 e. The number of aromatic hydroxyl groups is 1. The minimum atomic E-state index is -0.212. The van der Waals surface area contributed by atoms with Gasteiger partial charge in [0.05, 0.1) is 0 Å². The number of benzene rings is 1. The van der Waals surface area contributed by atoms with E-state index in [0.717, 1.165) is 29.6 Å².